The van der Waals surface area contributed by atoms with Crippen molar-refractivity contribution in [3.8, 4) is 0 Å². The smallest absolute Gasteiger partial charge is 0.354 e. The van der Waals surface area contributed by atoms with Gasteiger partial charge in [-0.25, -0.2) is 0 Å². The third kappa shape index (κ3) is 5.27. The maximum Gasteiger partial charge on any atom is 0.471 e. The van der Waals surface area contributed by atoms with Crippen LogP contribution in [0.15, 0.2) is 29.3 Å². The number of alkyl halides is 3. The average molecular weight is 428 g/mol. The first-order chi connectivity index (χ1) is 13.8. The van der Waals surface area contributed by atoms with Gasteiger partial charge in [-0.05, 0) is 42.9 Å². The number of halogens is 3. The van der Waals surface area contributed by atoms with Crippen LogP contribution in [0.5, 0.6) is 0 Å². The fourth-order valence-electron chi connectivity index (χ4n) is 4.15. The highest BCUT2D eigenvalue weighted by Gasteiger charge is 2.46. The molecule has 0 spiro atoms. The normalized spacial score (nSPS) is 24.5. The molecule has 1 aliphatic heterocycles. The van der Waals surface area contributed by atoms with Gasteiger partial charge in [0.2, 0.25) is 0 Å². The Morgan fingerprint density at radius 3 is 2.76 bits per heavy atom. The average Bonchev–Trinajstić information content (AvgIpc) is 3.14. The molecule has 2 N–H and O–H groups in total. The number of anilines is 1. The summed E-state index contributed by atoms with van der Waals surface area (Å²) >= 11 is 1.68. The van der Waals surface area contributed by atoms with Crippen molar-refractivity contribution in [2.75, 3.05) is 17.6 Å². The molecule has 1 atom stereocenters. The highest BCUT2D eigenvalue weighted by Crippen LogP contribution is 2.45. The van der Waals surface area contributed by atoms with E-state index in [4.69, 9.17) is 0 Å². The van der Waals surface area contributed by atoms with Crippen LogP contribution in [0, 0.1) is 5.92 Å². The summed E-state index contributed by atoms with van der Waals surface area (Å²) in [6.45, 7) is 2.90. The fourth-order valence-corrected chi connectivity index (χ4v) is 5.43. The molecule has 0 bridgehead atoms. The lowest BCUT2D eigenvalue weighted by Crippen LogP contribution is -2.48. The second-order valence-electron chi connectivity index (χ2n) is 7.79. The summed E-state index contributed by atoms with van der Waals surface area (Å²) in [5, 5.41) is 6.54. The van der Waals surface area contributed by atoms with Crippen molar-refractivity contribution in [2.24, 2.45) is 10.9 Å². The number of aliphatic imine (C=N–C) groups is 1. The van der Waals surface area contributed by atoms with Crippen LogP contribution in [0.2, 0.25) is 0 Å². The molecule has 1 heterocycles. The molecule has 1 saturated carbocycles. The Labute approximate surface area is 174 Å². The van der Waals surface area contributed by atoms with Crippen LogP contribution in [0.1, 0.15) is 57.4 Å². The summed E-state index contributed by atoms with van der Waals surface area (Å²) in [6, 6.07) is 6.84. The Hall–Kier alpha value is -1.70. The summed E-state index contributed by atoms with van der Waals surface area (Å²) in [6.07, 6.45) is 2.90. The van der Waals surface area contributed by atoms with E-state index in [-0.39, 0.29) is 11.2 Å². The van der Waals surface area contributed by atoms with Crippen molar-refractivity contribution in [3.63, 3.8) is 0 Å². The lowest BCUT2D eigenvalue weighted by Gasteiger charge is -2.40. The first-order valence-electron chi connectivity index (χ1n) is 10.3. The first kappa shape index (κ1) is 22.0. The second kappa shape index (κ2) is 9.41. The zero-order chi connectivity index (χ0) is 20.9. The van der Waals surface area contributed by atoms with Gasteiger partial charge < -0.3 is 10.6 Å². The number of rotatable bonds is 6. The van der Waals surface area contributed by atoms with E-state index < -0.39 is 12.1 Å². The Bertz CT molecular complexity index is 747. The molecule has 1 unspecified atom stereocenters. The van der Waals surface area contributed by atoms with E-state index in [0.29, 0.717) is 5.92 Å². The molecule has 1 aliphatic carbocycles. The lowest BCUT2D eigenvalue weighted by atomic mass is 9.72. The number of benzene rings is 1. The number of carbonyl (C=O) groups is 1. The maximum absolute atomic E-state index is 12.7. The Balaban J connectivity index is 1.88. The van der Waals surface area contributed by atoms with Gasteiger partial charge in [0.25, 0.3) is 0 Å². The van der Waals surface area contributed by atoms with Gasteiger partial charge in [0.05, 0.1) is 5.54 Å². The van der Waals surface area contributed by atoms with Crippen molar-refractivity contribution in [1.29, 1.82) is 0 Å². The van der Waals surface area contributed by atoms with E-state index >= 15 is 0 Å². The monoisotopic (exact) mass is 427 g/mol. The number of carbonyl (C=O) groups excluding carboxylic acids is 1. The Kier molecular flexibility index (Phi) is 7.14. The highest BCUT2D eigenvalue weighted by atomic mass is 32.2. The summed E-state index contributed by atoms with van der Waals surface area (Å²) in [5.74, 6) is -0.771. The molecule has 0 radical (unpaired) electrons. The molecule has 4 nitrogen and oxygen atoms in total. The third-order valence-electron chi connectivity index (χ3n) is 5.73. The number of hydrogen-bond acceptors (Lipinski definition) is 3. The zero-order valence-corrected chi connectivity index (χ0v) is 17.5. The van der Waals surface area contributed by atoms with Crippen molar-refractivity contribution in [3.05, 3.63) is 29.8 Å². The molecule has 29 heavy (non-hydrogen) atoms. The quantitative estimate of drug-likeness (QED) is 0.593. The summed E-state index contributed by atoms with van der Waals surface area (Å²) in [4.78, 5) is 16.1. The van der Waals surface area contributed by atoms with E-state index in [1.54, 1.807) is 23.9 Å². The molecule has 160 valence electrons. The lowest BCUT2D eigenvalue weighted by molar-refractivity contribution is -0.167. The van der Waals surface area contributed by atoms with E-state index in [9.17, 15) is 18.0 Å². The van der Waals surface area contributed by atoms with Crippen LogP contribution >= 0.6 is 11.8 Å². The van der Waals surface area contributed by atoms with Gasteiger partial charge in [0.15, 0.2) is 5.17 Å². The molecule has 0 aromatic heterocycles. The van der Waals surface area contributed by atoms with Gasteiger partial charge >= 0.3 is 12.1 Å². The molecule has 1 saturated heterocycles. The molecule has 3 rings (SSSR count). The summed E-state index contributed by atoms with van der Waals surface area (Å²) in [7, 11) is 0. The Morgan fingerprint density at radius 2 is 2.07 bits per heavy atom. The molecule has 8 heteroatoms. The molecule has 1 amide bonds. The van der Waals surface area contributed by atoms with Crippen molar-refractivity contribution in [1.82, 2.24) is 5.32 Å². The molecular weight excluding hydrogens is 399 g/mol. The predicted molar refractivity (Wildman–Crippen MR) is 112 cm³/mol. The van der Waals surface area contributed by atoms with Crippen LogP contribution in [-0.2, 0) is 10.3 Å². The van der Waals surface area contributed by atoms with E-state index in [2.05, 4.69) is 17.2 Å². The van der Waals surface area contributed by atoms with Gasteiger partial charge in [0, 0.05) is 18.0 Å². The van der Waals surface area contributed by atoms with Gasteiger partial charge in [-0.3, -0.25) is 9.79 Å². The van der Waals surface area contributed by atoms with E-state index in [0.717, 1.165) is 61.6 Å². The molecule has 2 fully saturated rings. The Morgan fingerprint density at radius 1 is 1.31 bits per heavy atom. The third-order valence-corrected chi connectivity index (χ3v) is 6.83. The SMILES string of the molecule is CCCCN=C1NC(c2cccc(NC(=O)C(F)(F)F)c2)(C2CCCCC2)CS1. The van der Waals surface area contributed by atoms with Crippen molar-refractivity contribution >= 4 is 28.5 Å². The van der Waals surface area contributed by atoms with Gasteiger partial charge in [-0.2, -0.15) is 13.2 Å². The number of amides is 1. The fraction of sp³-hybridized carbons (Fsp3) is 0.619. The number of nitrogens with one attached hydrogen (secondary N) is 2. The topological polar surface area (TPSA) is 53.5 Å². The zero-order valence-electron chi connectivity index (χ0n) is 16.6. The highest BCUT2D eigenvalue weighted by molar-refractivity contribution is 8.14. The van der Waals surface area contributed by atoms with E-state index in [1.165, 1.54) is 12.5 Å². The minimum Gasteiger partial charge on any atom is -0.354 e. The van der Waals surface area contributed by atoms with Crippen LogP contribution in [0.25, 0.3) is 0 Å². The predicted octanol–water partition coefficient (Wildman–Crippen LogP) is 5.46. The number of nitrogens with zero attached hydrogens (tertiary/aromatic N) is 1. The van der Waals surface area contributed by atoms with Crippen LogP contribution < -0.4 is 10.6 Å². The number of unbranched alkanes of at least 4 members (excludes halogenated alkanes) is 1. The number of thioether (sulfide) groups is 1. The van der Waals surface area contributed by atoms with Crippen LogP contribution in [0.3, 0.4) is 0 Å². The van der Waals surface area contributed by atoms with Crippen LogP contribution in [-0.4, -0.2) is 29.5 Å². The second-order valence-corrected chi connectivity index (χ2v) is 8.76. The van der Waals surface area contributed by atoms with Crippen LogP contribution in [0.4, 0.5) is 18.9 Å². The van der Waals surface area contributed by atoms with E-state index in [1.807, 2.05) is 11.4 Å². The van der Waals surface area contributed by atoms with Gasteiger partial charge in [-0.1, -0.05) is 56.5 Å². The van der Waals surface area contributed by atoms with Gasteiger partial charge in [-0.15, -0.1) is 0 Å². The molecule has 2 aliphatic rings. The molecule has 1 aromatic carbocycles. The molecule has 1 aromatic rings. The standard InChI is InChI=1S/C21H28F3N3OS/c1-2-3-12-25-19-27-20(14-29-19,15-8-5-4-6-9-15)16-10-7-11-17(13-16)26-18(28)21(22,23)24/h7,10-11,13,15H,2-6,8-9,12,14H2,1H3,(H,25,27)(H,26,28). The number of hydrogen-bond donors (Lipinski definition) is 2. The molecular formula is C21H28F3N3OS. The first-order valence-corrected chi connectivity index (χ1v) is 11.3. The minimum absolute atomic E-state index is 0.170. The van der Waals surface area contributed by atoms with Crippen molar-refractivity contribution in [2.45, 2.75) is 63.6 Å². The minimum atomic E-state index is -4.91. The maximum atomic E-state index is 12.7. The van der Waals surface area contributed by atoms with Gasteiger partial charge in [0.1, 0.15) is 0 Å². The summed E-state index contributed by atoms with van der Waals surface area (Å²) in [5.41, 5.74) is 0.718. The van der Waals surface area contributed by atoms with Crippen molar-refractivity contribution < 1.29 is 18.0 Å². The largest absolute Gasteiger partial charge is 0.471 e. The number of amidine groups is 1. The summed E-state index contributed by atoms with van der Waals surface area (Å²) < 4.78 is 38.0.